The monoisotopic (exact) mass is 608 g/mol. The fourth-order valence-corrected chi connectivity index (χ4v) is 7.14. The third-order valence-electron chi connectivity index (χ3n) is 9.43. The van der Waals surface area contributed by atoms with Crippen molar-refractivity contribution in [2.75, 3.05) is 49.9 Å². The van der Waals surface area contributed by atoms with E-state index in [0.717, 1.165) is 37.2 Å². The normalized spacial score (nSPS) is 21.2. The van der Waals surface area contributed by atoms with Crippen LogP contribution in [0.4, 0.5) is 16.3 Å². The summed E-state index contributed by atoms with van der Waals surface area (Å²) in [5.74, 6) is 0.254. The molecule has 1 aromatic heterocycles. The Labute approximate surface area is 257 Å². The molecule has 0 radical (unpaired) electrons. The topological polar surface area (TPSA) is 114 Å². The molecule has 4 aliphatic heterocycles. The van der Waals surface area contributed by atoms with Gasteiger partial charge in [-0.15, -0.1) is 0 Å². The van der Waals surface area contributed by atoms with Gasteiger partial charge in [-0.2, -0.15) is 0 Å². The van der Waals surface area contributed by atoms with E-state index in [9.17, 15) is 14.4 Å². The second kappa shape index (κ2) is 13.5. The number of fused-ring (bicyclic) bond motifs is 1. The summed E-state index contributed by atoms with van der Waals surface area (Å²) in [5, 5.41) is 6.45. The maximum atomic E-state index is 13.8. The van der Waals surface area contributed by atoms with Crippen LogP contribution in [0.2, 0.25) is 5.15 Å². The molecule has 1 aromatic carbocycles. The van der Waals surface area contributed by atoms with Gasteiger partial charge in [0.1, 0.15) is 23.3 Å². The number of carbonyl (C=O) groups excluding carboxylic acids is 3. The van der Waals surface area contributed by atoms with Crippen molar-refractivity contribution >= 4 is 41.0 Å². The Morgan fingerprint density at radius 3 is 2.37 bits per heavy atom. The molecule has 4 amide bonds. The molecule has 0 spiro atoms. The lowest BCUT2D eigenvalue weighted by molar-refractivity contribution is -0.139. The standard InChI is InChI=1S/C31H41ClN8O3/c32-27-19-28(34-21-33-27)35-26(30(42)39-16-8-23(9-17-39)37-12-4-1-5-13-37)18-29(41)38-14-10-24(11-15-38)40-20-22-6-2-3-7-25(22)36-31(40)43/h2-3,6-7,19,21,23-24,26H,1,4-5,8-18,20H2,(H,36,43)(H,33,34,35)/t26-/m0/s1. The number of para-hydroxylation sites is 1. The zero-order valence-electron chi connectivity index (χ0n) is 24.6. The van der Waals surface area contributed by atoms with Crippen molar-refractivity contribution in [2.24, 2.45) is 0 Å². The summed E-state index contributed by atoms with van der Waals surface area (Å²) in [6, 6.07) is 9.15. The van der Waals surface area contributed by atoms with Crippen molar-refractivity contribution in [3.05, 3.63) is 47.4 Å². The number of aromatic nitrogens is 2. The summed E-state index contributed by atoms with van der Waals surface area (Å²) >= 11 is 6.09. The number of amides is 4. The van der Waals surface area contributed by atoms with Crippen LogP contribution in [0.3, 0.4) is 0 Å². The fraction of sp³-hybridized carbons (Fsp3) is 0.581. The maximum absolute atomic E-state index is 13.8. The Morgan fingerprint density at radius 2 is 1.63 bits per heavy atom. The number of likely N-dealkylation sites (tertiary alicyclic amines) is 3. The van der Waals surface area contributed by atoms with Gasteiger partial charge in [0.05, 0.1) is 6.42 Å². The van der Waals surface area contributed by atoms with Gasteiger partial charge >= 0.3 is 6.03 Å². The summed E-state index contributed by atoms with van der Waals surface area (Å²) in [6.07, 6.45) is 8.48. The van der Waals surface area contributed by atoms with E-state index in [2.05, 4.69) is 25.5 Å². The molecule has 0 aliphatic carbocycles. The van der Waals surface area contributed by atoms with Gasteiger partial charge in [-0.05, 0) is 63.2 Å². The molecule has 11 nitrogen and oxygen atoms in total. The zero-order chi connectivity index (χ0) is 29.8. The predicted octanol–water partition coefficient (Wildman–Crippen LogP) is 3.82. The third-order valence-corrected chi connectivity index (χ3v) is 9.64. The Bertz CT molecular complexity index is 1310. The van der Waals surface area contributed by atoms with Gasteiger partial charge in [-0.1, -0.05) is 36.2 Å². The smallest absolute Gasteiger partial charge is 0.322 e. The van der Waals surface area contributed by atoms with Crippen molar-refractivity contribution in [3.8, 4) is 0 Å². The summed E-state index contributed by atoms with van der Waals surface area (Å²) in [4.78, 5) is 56.6. The van der Waals surface area contributed by atoms with E-state index in [1.165, 1.54) is 25.6 Å². The van der Waals surface area contributed by atoms with Crippen LogP contribution in [0, 0.1) is 0 Å². The first-order valence-corrected chi connectivity index (χ1v) is 16.0. The van der Waals surface area contributed by atoms with Gasteiger partial charge in [0.25, 0.3) is 0 Å². The molecule has 12 heteroatoms. The molecule has 0 saturated carbocycles. The molecular weight excluding hydrogens is 568 g/mol. The molecule has 4 aliphatic rings. The molecule has 3 saturated heterocycles. The van der Waals surface area contributed by atoms with E-state index in [-0.39, 0.29) is 35.5 Å². The van der Waals surface area contributed by atoms with Gasteiger partial charge in [0.2, 0.25) is 11.8 Å². The van der Waals surface area contributed by atoms with E-state index < -0.39 is 6.04 Å². The molecule has 5 heterocycles. The summed E-state index contributed by atoms with van der Waals surface area (Å²) in [7, 11) is 0. The van der Waals surface area contributed by atoms with Gasteiger partial charge in [0.15, 0.2) is 0 Å². The summed E-state index contributed by atoms with van der Waals surface area (Å²) in [5.41, 5.74) is 1.96. The third kappa shape index (κ3) is 7.04. The lowest BCUT2D eigenvalue weighted by atomic mass is 9.98. The molecular formula is C31H41ClN8O3. The van der Waals surface area contributed by atoms with Crippen LogP contribution in [-0.2, 0) is 16.1 Å². The molecule has 43 heavy (non-hydrogen) atoms. The van der Waals surface area contributed by atoms with E-state index >= 15 is 0 Å². The quantitative estimate of drug-likeness (QED) is 0.460. The minimum absolute atomic E-state index is 0.0226. The van der Waals surface area contributed by atoms with Gasteiger partial charge in [0, 0.05) is 56.6 Å². The number of urea groups is 1. The van der Waals surface area contributed by atoms with Crippen LogP contribution in [0.25, 0.3) is 0 Å². The van der Waals surface area contributed by atoms with Crippen molar-refractivity contribution in [3.63, 3.8) is 0 Å². The van der Waals surface area contributed by atoms with Crippen LogP contribution >= 0.6 is 11.6 Å². The number of hydrogen-bond acceptors (Lipinski definition) is 7. The van der Waals surface area contributed by atoms with Crippen LogP contribution in [0.15, 0.2) is 36.7 Å². The van der Waals surface area contributed by atoms with E-state index in [4.69, 9.17) is 11.6 Å². The van der Waals surface area contributed by atoms with Crippen LogP contribution < -0.4 is 10.6 Å². The highest BCUT2D eigenvalue weighted by atomic mass is 35.5. The highest BCUT2D eigenvalue weighted by molar-refractivity contribution is 6.29. The van der Waals surface area contributed by atoms with Crippen LogP contribution in [0.1, 0.15) is 56.9 Å². The number of nitrogens with one attached hydrogen (secondary N) is 2. The van der Waals surface area contributed by atoms with E-state index in [1.807, 2.05) is 39.0 Å². The largest absolute Gasteiger partial charge is 0.358 e. The molecule has 6 rings (SSSR count). The van der Waals surface area contributed by atoms with Gasteiger partial charge in [-0.25, -0.2) is 14.8 Å². The van der Waals surface area contributed by atoms with Gasteiger partial charge < -0.3 is 30.2 Å². The molecule has 0 bridgehead atoms. The highest BCUT2D eigenvalue weighted by Gasteiger charge is 2.36. The average molecular weight is 609 g/mol. The maximum Gasteiger partial charge on any atom is 0.322 e. The summed E-state index contributed by atoms with van der Waals surface area (Å²) in [6.45, 7) is 5.31. The van der Waals surface area contributed by atoms with Crippen molar-refractivity contribution in [2.45, 2.75) is 76.0 Å². The van der Waals surface area contributed by atoms with Gasteiger partial charge in [-0.3, -0.25) is 9.59 Å². The van der Waals surface area contributed by atoms with Crippen molar-refractivity contribution in [1.82, 2.24) is 29.6 Å². The van der Waals surface area contributed by atoms with E-state index in [1.54, 1.807) is 6.07 Å². The number of anilines is 2. The SMILES string of the molecule is O=C(C[C@H](Nc1cc(Cl)ncn1)C(=O)N1CCC(N2CCCCC2)CC1)N1CCC(N2Cc3ccccc3NC2=O)CC1. The second-order valence-corrected chi connectivity index (χ2v) is 12.5. The fourth-order valence-electron chi connectivity index (χ4n) is 6.99. The second-order valence-electron chi connectivity index (χ2n) is 12.1. The Hall–Kier alpha value is -3.44. The number of hydrogen-bond donors (Lipinski definition) is 2. The van der Waals surface area contributed by atoms with Crippen molar-refractivity contribution in [1.29, 1.82) is 0 Å². The van der Waals surface area contributed by atoms with E-state index in [0.29, 0.717) is 57.4 Å². The molecule has 0 unspecified atom stereocenters. The number of benzene rings is 1. The Morgan fingerprint density at radius 1 is 0.930 bits per heavy atom. The predicted molar refractivity (Wildman–Crippen MR) is 165 cm³/mol. The minimum atomic E-state index is -0.757. The average Bonchev–Trinajstić information content (AvgIpc) is 3.04. The molecule has 2 N–H and O–H groups in total. The first kappa shape index (κ1) is 29.6. The first-order valence-electron chi connectivity index (χ1n) is 15.6. The molecule has 2 aromatic rings. The lowest BCUT2D eigenvalue weighted by Crippen LogP contribution is -2.53. The number of rotatable bonds is 7. The summed E-state index contributed by atoms with van der Waals surface area (Å²) < 4.78 is 0. The lowest BCUT2D eigenvalue weighted by Gasteiger charge is -2.41. The number of halogens is 1. The number of piperidine rings is 3. The Balaban J connectivity index is 1.07. The van der Waals surface area contributed by atoms with Crippen LogP contribution in [-0.4, -0.2) is 105 Å². The first-order chi connectivity index (χ1) is 20.9. The highest BCUT2D eigenvalue weighted by Crippen LogP contribution is 2.28. The number of nitrogens with zero attached hydrogens (tertiary/aromatic N) is 6. The van der Waals surface area contributed by atoms with Crippen LogP contribution in [0.5, 0.6) is 0 Å². The zero-order valence-corrected chi connectivity index (χ0v) is 25.3. The number of carbonyl (C=O) groups is 3. The Kier molecular flexibility index (Phi) is 9.28. The van der Waals surface area contributed by atoms with Crippen molar-refractivity contribution < 1.29 is 14.4 Å². The minimum Gasteiger partial charge on any atom is -0.358 e. The molecule has 3 fully saturated rings. The molecule has 230 valence electrons. The molecule has 1 atom stereocenters.